The van der Waals surface area contributed by atoms with Crippen LogP contribution in [-0.4, -0.2) is 26.0 Å². The number of carbonyl (C=O) groups is 1. The van der Waals surface area contributed by atoms with Gasteiger partial charge >= 0.3 is 0 Å². The lowest BCUT2D eigenvalue weighted by atomic mass is 10.1. The van der Waals surface area contributed by atoms with Gasteiger partial charge in [0.05, 0.1) is 11.3 Å². The summed E-state index contributed by atoms with van der Waals surface area (Å²) >= 11 is 3.35. The summed E-state index contributed by atoms with van der Waals surface area (Å²) in [6.07, 6.45) is 0. The van der Waals surface area contributed by atoms with Crippen molar-refractivity contribution in [2.24, 2.45) is 11.5 Å². The molecule has 0 radical (unpaired) electrons. The molecule has 0 unspecified atom stereocenters. The second-order valence-electron chi connectivity index (χ2n) is 3.24. The quantitative estimate of drug-likeness (QED) is 0.856. The monoisotopic (exact) mass is 271 g/mol. The number of halogens is 1. The molecule has 1 aromatic carbocycles. The van der Waals surface area contributed by atoms with Gasteiger partial charge in [-0.1, -0.05) is 15.9 Å². The fourth-order valence-corrected chi connectivity index (χ4v) is 1.69. The first-order valence-corrected chi connectivity index (χ1v) is 5.36. The number of primary amides is 1. The third kappa shape index (κ3) is 2.94. The Hall–Kier alpha value is -1.07. The Morgan fingerprint density at radius 2 is 2.20 bits per heavy atom. The second-order valence-corrected chi connectivity index (χ2v) is 4.15. The molecule has 0 spiro atoms. The highest BCUT2D eigenvalue weighted by molar-refractivity contribution is 9.10. The molecule has 0 bridgehead atoms. The Balaban J connectivity index is 3.12. The van der Waals surface area contributed by atoms with Crippen molar-refractivity contribution in [3.05, 3.63) is 28.2 Å². The van der Waals surface area contributed by atoms with E-state index in [1.165, 1.54) is 0 Å². The van der Waals surface area contributed by atoms with Crippen LogP contribution >= 0.6 is 15.9 Å². The molecule has 0 saturated heterocycles. The fraction of sp³-hybridized carbons (Fsp3) is 0.300. The van der Waals surface area contributed by atoms with Crippen LogP contribution in [0.2, 0.25) is 0 Å². The van der Waals surface area contributed by atoms with Crippen molar-refractivity contribution in [1.29, 1.82) is 0 Å². The van der Waals surface area contributed by atoms with E-state index in [9.17, 15) is 4.79 Å². The third-order valence-electron chi connectivity index (χ3n) is 2.10. The van der Waals surface area contributed by atoms with Gasteiger partial charge in [-0.2, -0.15) is 0 Å². The lowest BCUT2D eigenvalue weighted by Crippen LogP contribution is -2.27. The van der Waals surface area contributed by atoms with Gasteiger partial charge in [0.15, 0.2) is 0 Å². The molecule has 0 aliphatic heterocycles. The molecule has 0 saturated carbocycles. The van der Waals surface area contributed by atoms with Crippen LogP contribution in [0.1, 0.15) is 10.4 Å². The normalized spacial score (nSPS) is 10.1. The van der Waals surface area contributed by atoms with Crippen molar-refractivity contribution in [1.82, 2.24) is 0 Å². The van der Waals surface area contributed by atoms with Crippen LogP contribution < -0.4 is 16.4 Å². The molecule has 0 aromatic heterocycles. The summed E-state index contributed by atoms with van der Waals surface area (Å²) < 4.78 is 0.909. The molecule has 15 heavy (non-hydrogen) atoms. The van der Waals surface area contributed by atoms with Crippen LogP contribution in [0.15, 0.2) is 22.7 Å². The number of hydrogen-bond acceptors (Lipinski definition) is 3. The van der Waals surface area contributed by atoms with Gasteiger partial charge in [-0.15, -0.1) is 0 Å². The van der Waals surface area contributed by atoms with Crippen LogP contribution in [0.3, 0.4) is 0 Å². The highest BCUT2D eigenvalue weighted by Gasteiger charge is 2.11. The average Bonchev–Trinajstić information content (AvgIpc) is 2.17. The van der Waals surface area contributed by atoms with Gasteiger partial charge < -0.3 is 16.4 Å². The molecule has 0 aliphatic rings. The van der Waals surface area contributed by atoms with Crippen LogP contribution in [0, 0.1) is 0 Å². The summed E-state index contributed by atoms with van der Waals surface area (Å²) in [7, 11) is 1.88. The second kappa shape index (κ2) is 5.14. The van der Waals surface area contributed by atoms with Gasteiger partial charge in [0.25, 0.3) is 5.91 Å². The Morgan fingerprint density at radius 3 is 2.73 bits per heavy atom. The number of carbonyl (C=O) groups excluding carboxylic acids is 1. The molecule has 1 rings (SSSR count). The topological polar surface area (TPSA) is 72.3 Å². The lowest BCUT2D eigenvalue weighted by Gasteiger charge is -2.20. The third-order valence-corrected chi connectivity index (χ3v) is 2.59. The van der Waals surface area contributed by atoms with Crippen LogP contribution in [0.25, 0.3) is 0 Å². The predicted molar refractivity (Wildman–Crippen MR) is 65.0 cm³/mol. The number of rotatable bonds is 4. The van der Waals surface area contributed by atoms with Gasteiger partial charge in [0.2, 0.25) is 0 Å². The molecule has 0 heterocycles. The maximum absolute atomic E-state index is 11.2. The molecule has 1 amide bonds. The van der Waals surface area contributed by atoms with Gasteiger partial charge in [-0.05, 0) is 18.2 Å². The zero-order valence-electron chi connectivity index (χ0n) is 8.53. The number of anilines is 1. The van der Waals surface area contributed by atoms with E-state index in [1.807, 2.05) is 18.0 Å². The van der Waals surface area contributed by atoms with Gasteiger partial charge in [0.1, 0.15) is 0 Å². The number of benzene rings is 1. The maximum atomic E-state index is 11.2. The molecule has 0 aliphatic carbocycles. The largest absolute Gasteiger partial charge is 0.373 e. The minimum absolute atomic E-state index is 0.429. The predicted octanol–water partition coefficient (Wildman–Crippen LogP) is 0.943. The van der Waals surface area contributed by atoms with E-state index < -0.39 is 5.91 Å². The average molecular weight is 272 g/mol. The standard InChI is InChI=1S/C10H14BrN3O/c1-14(5-4-12)9-6-7(11)2-3-8(9)10(13)15/h2-3,6H,4-5,12H2,1H3,(H2,13,15). The number of amides is 1. The van der Waals surface area contributed by atoms with Crippen molar-refractivity contribution in [2.75, 3.05) is 25.0 Å². The summed E-state index contributed by atoms with van der Waals surface area (Å²) in [6, 6.07) is 5.35. The maximum Gasteiger partial charge on any atom is 0.250 e. The van der Waals surface area contributed by atoms with Crippen molar-refractivity contribution in [2.45, 2.75) is 0 Å². The fourth-order valence-electron chi connectivity index (χ4n) is 1.34. The van der Waals surface area contributed by atoms with E-state index in [1.54, 1.807) is 12.1 Å². The highest BCUT2D eigenvalue weighted by atomic mass is 79.9. The van der Waals surface area contributed by atoms with Crippen molar-refractivity contribution >= 4 is 27.5 Å². The summed E-state index contributed by atoms with van der Waals surface area (Å²) in [5.41, 5.74) is 12.1. The molecular weight excluding hydrogens is 258 g/mol. The first-order valence-electron chi connectivity index (χ1n) is 4.57. The minimum Gasteiger partial charge on any atom is -0.373 e. The molecule has 4 N–H and O–H groups in total. The first-order chi connectivity index (χ1) is 7.06. The van der Waals surface area contributed by atoms with E-state index in [2.05, 4.69) is 15.9 Å². The van der Waals surface area contributed by atoms with E-state index in [0.29, 0.717) is 18.7 Å². The Labute approximate surface area is 97.4 Å². The van der Waals surface area contributed by atoms with Gasteiger partial charge in [-0.25, -0.2) is 0 Å². The molecule has 0 atom stereocenters. The number of nitrogens with zero attached hydrogens (tertiary/aromatic N) is 1. The zero-order valence-corrected chi connectivity index (χ0v) is 10.1. The Kier molecular flexibility index (Phi) is 4.11. The Bertz CT molecular complexity index is 368. The minimum atomic E-state index is -0.429. The number of hydrogen-bond donors (Lipinski definition) is 2. The number of likely N-dealkylation sites (N-methyl/N-ethyl adjacent to an activating group) is 1. The highest BCUT2D eigenvalue weighted by Crippen LogP contribution is 2.23. The summed E-state index contributed by atoms with van der Waals surface area (Å²) in [6.45, 7) is 1.21. The van der Waals surface area contributed by atoms with Gasteiger partial charge in [-0.3, -0.25) is 4.79 Å². The molecule has 1 aromatic rings. The zero-order chi connectivity index (χ0) is 11.4. The van der Waals surface area contributed by atoms with Crippen molar-refractivity contribution in [3.8, 4) is 0 Å². The molecule has 4 nitrogen and oxygen atoms in total. The van der Waals surface area contributed by atoms with Crippen molar-refractivity contribution in [3.63, 3.8) is 0 Å². The summed E-state index contributed by atoms with van der Waals surface area (Å²) in [5, 5.41) is 0. The first kappa shape index (κ1) is 12.0. The van der Waals surface area contributed by atoms with E-state index >= 15 is 0 Å². The molecule has 82 valence electrons. The van der Waals surface area contributed by atoms with E-state index in [-0.39, 0.29) is 0 Å². The molecule has 0 fully saturated rings. The van der Waals surface area contributed by atoms with Crippen LogP contribution in [0.5, 0.6) is 0 Å². The smallest absolute Gasteiger partial charge is 0.250 e. The molecular formula is C10H14BrN3O. The van der Waals surface area contributed by atoms with Crippen LogP contribution in [0.4, 0.5) is 5.69 Å². The summed E-state index contributed by atoms with van der Waals surface area (Å²) in [5.74, 6) is -0.429. The van der Waals surface area contributed by atoms with Crippen LogP contribution in [-0.2, 0) is 0 Å². The summed E-state index contributed by atoms with van der Waals surface area (Å²) in [4.78, 5) is 13.1. The van der Waals surface area contributed by atoms with Gasteiger partial charge in [0, 0.05) is 24.6 Å². The van der Waals surface area contributed by atoms with Crippen molar-refractivity contribution < 1.29 is 4.79 Å². The number of nitrogens with two attached hydrogens (primary N) is 2. The van der Waals surface area contributed by atoms with E-state index in [4.69, 9.17) is 11.5 Å². The lowest BCUT2D eigenvalue weighted by molar-refractivity contribution is 0.100. The molecule has 5 heteroatoms. The van der Waals surface area contributed by atoms with E-state index in [0.717, 1.165) is 10.2 Å². The SMILES string of the molecule is CN(CCN)c1cc(Br)ccc1C(N)=O. The Morgan fingerprint density at radius 1 is 1.53 bits per heavy atom.